The lowest BCUT2D eigenvalue weighted by Gasteiger charge is -2.32. The topological polar surface area (TPSA) is 207 Å². The van der Waals surface area contributed by atoms with Gasteiger partial charge in [-0.25, -0.2) is 14.8 Å². The van der Waals surface area contributed by atoms with Crippen molar-refractivity contribution >= 4 is 45.1 Å². The van der Waals surface area contributed by atoms with Gasteiger partial charge in [0.15, 0.2) is 0 Å². The van der Waals surface area contributed by atoms with Crippen LogP contribution in [-0.4, -0.2) is 116 Å². The molecule has 326 valence electrons. The standard InChI is InChI=1S/C44H54N12O5S/c1-27-26-54(17-6-18-55(27)42-47-16-12-31(48-42)39-50-41(61-51-39)44(2)15-5-9-34-36(44)30(25-45)38(46)62-34)22-24-60-23-21-53-19-13-28(14-20-53)29-7-4-8-32-37(29)52(3)43(59)56(32)33-10-11-35(57)49-40(33)58/h4,7-8,12,16,27-28,33H,5-6,9-11,13-15,17-24,26,46H2,1-3H3,(H,49,57,58)/t27-,33?,44-/m0/s1. The van der Waals surface area contributed by atoms with E-state index in [0.717, 1.165) is 111 Å². The number of carbonyl (C=O) groups excluding carboxylic acids is 2. The molecule has 5 aromatic rings. The van der Waals surface area contributed by atoms with E-state index < -0.39 is 17.4 Å². The van der Waals surface area contributed by atoms with Gasteiger partial charge >= 0.3 is 5.69 Å². The number of anilines is 2. The Morgan fingerprint density at radius 1 is 1.03 bits per heavy atom. The lowest BCUT2D eigenvalue weighted by molar-refractivity contribution is -0.135. The number of aromatic nitrogens is 6. The molecule has 4 aliphatic rings. The van der Waals surface area contributed by atoms with E-state index in [9.17, 15) is 19.6 Å². The van der Waals surface area contributed by atoms with Crippen molar-refractivity contribution in [2.24, 2.45) is 7.05 Å². The number of piperidine rings is 2. The number of aryl methyl sites for hydroxylation is 2. The zero-order valence-corrected chi connectivity index (χ0v) is 36.5. The molecule has 3 saturated heterocycles. The summed E-state index contributed by atoms with van der Waals surface area (Å²) in [4.78, 5) is 60.6. The number of ether oxygens (including phenoxy) is 1. The van der Waals surface area contributed by atoms with Crippen LogP contribution < -0.4 is 21.6 Å². The molecule has 3 aliphatic heterocycles. The number of benzene rings is 1. The third-order valence-electron chi connectivity index (χ3n) is 13.5. The van der Waals surface area contributed by atoms with Crippen molar-refractivity contribution in [3.8, 4) is 17.6 Å². The Hall–Kier alpha value is -5.48. The Balaban J connectivity index is 0.750. The van der Waals surface area contributed by atoms with Gasteiger partial charge in [-0.1, -0.05) is 17.3 Å². The van der Waals surface area contributed by atoms with E-state index in [2.05, 4.69) is 56.1 Å². The molecule has 0 spiro atoms. The van der Waals surface area contributed by atoms with Crippen LogP contribution >= 0.6 is 11.3 Å². The fraction of sp³-hybridized carbons (Fsp3) is 0.545. The molecular weight excluding hydrogens is 809 g/mol. The normalized spacial score (nSPS) is 23.0. The van der Waals surface area contributed by atoms with E-state index in [1.807, 2.05) is 12.1 Å². The molecule has 3 atom stereocenters. The van der Waals surface area contributed by atoms with Crippen molar-refractivity contribution in [3.05, 3.63) is 68.4 Å². The Labute approximate surface area is 363 Å². The highest BCUT2D eigenvalue weighted by atomic mass is 32.1. The second kappa shape index (κ2) is 17.4. The molecule has 3 fully saturated rings. The Bertz CT molecular complexity index is 2580. The van der Waals surface area contributed by atoms with Crippen LogP contribution in [0.3, 0.4) is 0 Å². The summed E-state index contributed by atoms with van der Waals surface area (Å²) in [6.45, 7) is 11.8. The second-order valence-corrected chi connectivity index (χ2v) is 18.6. The molecule has 18 heteroatoms. The van der Waals surface area contributed by atoms with Crippen LogP contribution in [0.5, 0.6) is 0 Å². The van der Waals surface area contributed by atoms with E-state index in [1.165, 1.54) is 11.3 Å². The number of hydrogen-bond donors (Lipinski definition) is 2. The summed E-state index contributed by atoms with van der Waals surface area (Å²) in [5.41, 5.74) is 10.2. The van der Waals surface area contributed by atoms with Crippen molar-refractivity contribution < 1.29 is 18.8 Å². The van der Waals surface area contributed by atoms with E-state index in [4.69, 9.17) is 25.0 Å². The Kier molecular flexibility index (Phi) is 11.7. The molecule has 62 heavy (non-hydrogen) atoms. The highest BCUT2D eigenvalue weighted by molar-refractivity contribution is 7.16. The van der Waals surface area contributed by atoms with Gasteiger partial charge in [0.25, 0.3) is 0 Å². The molecule has 1 aliphatic carbocycles. The van der Waals surface area contributed by atoms with Gasteiger partial charge in [-0.3, -0.25) is 28.9 Å². The van der Waals surface area contributed by atoms with Crippen molar-refractivity contribution in [3.63, 3.8) is 0 Å². The van der Waals surface area contributed by atoms with E-state index in [0.29, 0.717) is 59.5 Å². The zero-order chi connectivity index (χ0) is 43.1. The van der Waals surface area contributed by atoms with Crippen LogP contribution in [0.15, 0.2) is 39.8 Å². The lowest BCUT2D eigenvalue weighted by Crippen LogP contribution is -2.44. The predicted octanol–water partition coefficient (Wildman–Crippen LogP) is 4.11. The van der Waals surface area contributed by atoms with Crippen LogP contribution in [0.2, 0.25) is 0 Å². The van der Waals surface area contributed by atoms with Crippen LogP contribution in [0.25, 0.3) is 22.6 Å². The number of imidazole rings is 1. The largest absolute Gasteiger partial charge is 0.389 e. The maximum atomic E-state index is 13.4. The molecular formula is C44H54N12O5S. The van der Waals surface area contributed by atoms with Crippen molar-refractivity contribution in [1.82, 2.24) is 44.4 Å². The molecule has 0 saturated carbocycles. The van der Waals surface area contributed by atoms with Crippen LogP contribution in [0.4, 0.5) is 10.9 Å². The minimum Gasteiger partial charge on any atom is -0.389 e. The molecule has 0 radical (unpaired) electrons. The summed E-state index contributed by atoms with van der Waals surface area (Å²) in [5, 5.41) is 17.2. The summed E-state index contributed by atoms with van der Waals surface area (Å²) in [5.74, 6) is 1.09. The number of fused-ring (bicyclic) bond motifs is 2. The number of para-hydroxylation sites is 1. The number of thiophene rings is 1. The summed E-state index contributed by atoms with van der Waals surface area (Å²) in [7, 11) is 1.77. The predicted molar refractivity (Wildman–Crippen MR) is 234 cm³/mol. The number of nitrogen functional groups attached to an aromatic ring is 1. The number of nitrogens with zero attached hydrogens (tertiary/aromatic N) is 10. The highest BCUT2D eigenvalue weighted by Crippen LogP contribution is 2.48. The maximum absolute atomic E-state index is 13.4. The van der Waals surface area contributed by atoms with Gasteiger partial charge in [0, 0.05) is 62.3 Å². The van der Waals surface area contributed by atoms with Gasteiger partial charge in [0.05, 0.1) is 35.2 Å². The van der Waals surface area contributed by atoms with E-state index in [-0.39, 0.29) is 24.1 Å². The number of amides is 2. The van der Waals surface area contributed by atoms with Gasteiger partial charge < -0.3 is 24.8 Å². The molecule has 3 N–H and O–H groups in total. The smallest absolute Gasteiger partial charge is 0.329 e. The van der Waals surface area contributed by atoms with Crippen molar-refractivity contribution in [1.29, 1.82) is 5.26 Å². The molecule has 1 unspecified atom stereocenters. The third-order valence-corrected chi connectivity index (χ3v) is 14.6. The number of nitrogens with one attached hydrogen (secondary N) is 1. The molecule has 9 rings (SSSR count). The summed E-state index contributed by atoms with van der Waals surface area (Å²) < 4.78 is 15.3. The number of imide groups is 1. The minimum atomic E-state index is -0.689. The summed E-state index contributed by atoms with van der Waals surface area (Å²) in [6, 6.07) is 9.59. The molecule has 2 amide bonds. The SMILES string of the molecule is C[C@H]1CN(CCOCCN2CCC(c3cccc4c3n(C)c(=O)n4C3CCC(=O)NC3=O)CC2)CCCN1c1nccc(-c2noc([C@@]3(C)CCCc4sc(N)c(C#N)c43)n2)n1. The first-order valence-electron chi connectivity index (χ1n) is 21.9. The van der Waals surface area contributed by atoms with Gasteiger partial charge in [-0.15, -0.1) is 11.3 Å². The molecule has 7 heterocycles. The van der Waals surface area contributed by atoms with Crippen LogP contribution in [-0.2, 0) is 33.2 Å². The van der Waals surface area contributed by atoms with Crippen molar-refractivity contribution in [2.75, 3.05) is 69.7 Å². The average Bonchev–Trinajstić information content (AvgIpc) is 3.93. The number of likely N-dealkylation sites (tertiary alicyclic amines) is 1. The number of rotatable bonds is 11. The molecule has 4 aromatic heterocycles. The Morgan fingerprint density at radius 3 is 2.63 bits per heavy atom. The number of nitrogens with two attached hydrogens (primary N) is 1. The monoisotopic (exact) mass is 862 g/mol. The van der Waals surface area contributed by atoms with Gasteiger partial charge in [0.1, 0.15) is 22.8 Å². The van der Waals surface area contributed by atoms with Crippen LogP contribution in [0, 0.1) is 11.3 Å². The third kappa shape index (κ3) is 7.80. The fourth-order valence-electron chi connectivity index (χ4n) is 10.2. The van der Waals surface area contributed by atoms with Gasteiger partial charge in [-0.05, 0) is 102 Å². The Morgan fingerprint density at radius 2 is 1.84 bits per heavy atom. The van der Waals surface area contributed by atoms with Gasteiger partial charge in [-0.2, -0.15) is 10.2 Å². The molecule has 1 aromatic carbocycles. The number of carbonyl (C=O) groups is 2. The minimum absolute atomic E-state index is 0.173. The first-order chi connectivity index (χ1) is 30.0. The van der Waals surface area contributed by atoms with E-state index >= 15 is 0 Å². The fourth-order valence-corrected chi connectivity index (χ4v) is 11.4. The van der Waals surface area contributed by atoms with Crippen molar-refractivity contribution in [2.45, 2.75) is 88.6 Å². The van der Waals surface area contributed by atoms with Gasteiger partial charge in [0.2, 0.25) is 29.5 Å². The zero-order valence-electron chi connectivity index (χ0n) is 35.6. The average molecular weight is 863 g/mol. The lowest BCUT2D eigenvalue weighted by atomic mass is 9.72. The first-order valence-corrected chi connectivity index (χ1v) is 22.7. The molecule has 0 bridgehead atoms. The maximum Gasteiger partial charge on any atom is 0.329 e. The first kappa shape index (κ1) is 41.9. The van der Waals surface area contributed by atoms with Crippen LogP contribution in [0.1, 0.15) is 98.2 Å². The quantitative estimate of drug-likeness (QED) is 0.142. The summed E-state index contributed by atoms with van der Waals surface area (Å²) in [6.07, 6.45) is 7.81. The molecule has 17 nitrogen and oxygen atoms in total. The summed E-state index contributed by atoms with van der Waals surface area (Å²) >= 11 is 1.48. The highest BCUT2D eigenvalue weighted by Gasteiger charge is 2.43. The number of hydrogen-bond acceptors (Lipinski definition) is 15. The second-order valence-electron chi connectivity index (χ2n) is 17.4. The number of nitriles is 1. The van der Waals surface area contributed by atoms with E-state index in [1.54, 1.807) is 28.4 Å².